The van der Waals surface area contributed by atoms with E-state index in [0.717, 1.165) is 25.9 Å². The molecule has 0 aromatic heterocycles. The Bertz CT molecular complexity index is 328. The highest BCUT2D eigenvalue weighted by Gasteiger charge is 2.27. The highest BCUT2D eigenvalue weighted by molar-refractivity contribution is 7.89. The minimum atomic E-state index is -3.00. The van der Waals surface area contributed by atoms with Crippen molar-refractivity contribution in [1.82, 2.24) is 9.62 Å². The molecule has 1 atom stereocenters. The Hall–Kier alpha value is -0.130. The Kier molecular flexibility index (Phi) is 6.60. The maximum atomic E-state index is 12.0. The Labute approximate surface area is 112 Å². The van der Waals surface area contributed by atoms with Crippen molar-refractivity contribution in [3.05, 3.63) is 0 Å². The molecule has 0 aromatic carbocycles. The summed E-state index contributed by atoms with van der Waals surface area (Å²) in [6.07, 6.45) is 2.84. The van der Waals surface area contributed by atoms with Crippen LogP contribution in [0.3, 0.4) is 0 Å². The van der Waals surface area contributed by atoms with Gasteiger partial charge in [0.05, 0.1) is 5.75 Å². The number of piperidine rings is 1. The lowest BCUT2D eigenvalue weighted by Crippen LogP contribution is -2.44. The molecule has 1 rings (SSSR count). The van der Waals surface area contributed by atoms with E-state index < -0.39 is 10.0 Å². The summed E-state index contributed by atoms with van der Waals surface area (Å²) < 4.78 is 25.7. The van der Waals surface area contributed by atoms with Gasteiger partial charge in [0.25, 0.3) is 0 Å². The van der Waals surface area contributed by atoms with E-state index in [1.807, 2.05) is 6.92 Å². The van der Waals surface area contributed by atoms with E-state index in [1.54, 1.807) is 4.31 Å². The van der Waals surface area contributed by atoms with Gasteiger partial charge in [-0.05, 0) is 44.2 Å². The molecule has 4 nitrogen and oxygen atoms in total. The lowest BCUT2D eigenvalue weighted by Gasteiger charge is -2.32. The Morgan fingerprint density at radius 1 is 1.39 bits per heavy atom. The van der Waals surface area contributed by atoms with Crippen molar-refractivity contribution in [2.24, 2.45) is 11.8 Å². The quantitative estimate of drug-likeness (QED) is 0.770. The molecule has 18 heavy (non-hydrogen) atoms. The number of rotatable bonds is 7. The van der Waals surface area contributed by atoms with Gasteiger partial charge < -0.3 is 5.32 Å². The van der Waals surface area contributed by atoms with Crippen LogP contribution in [0, 0.1) is 11.8 Å². The molecule has 1 heterocycles. The number of nitrogens with zero attached hydrogens (tertiary/aromatic N) is 1. The first kappa shape index (κ1) is 15.9. The number of nitrogens with one attached hydrogen (secondary N) is 1. The monoisotopic (exact) mass is 276 g/mol. The van der Waals surface area contributed by atoms with Crippen LogP contribution in [-0.2, 0) is 10.0 Å². The molecule has 1 aliphatic heterocycles. The van der Waals surface area contributed by atoms with Crippen molar-refractivity contribution >= 4 is 10.0 Å². The third-order valence-electron chi connectivity index (χ3n) is 3.32. The summed E-state index contributed by atoms with van der Waals surface area (Å²) in [5.41, 5.74) is 0. The molecule has 0 radical (unpaired) electrons. The first-order chi connectivity index (χ1) is 8.45. The highest BCUT2D eigenvalue weighted by Crippen LogP contribution is 2.19. The number of sulfonamides is 1. The summed E-state index contributed by atoms with van der Waals surface area (Å²) in [6.45, 7) is 9.66. The van der Waals surface area contributed by atoms with Crippen LogP contribution in [0.1, 0.15) is 40.0 Å². The molecule has 1 aliphatic rings. The second kappa shape index (κ2) is 7.46. The van der Waals surface area contributed by atoms with Crippen LogP contribution in [0.2, 0.25) is 0 Å². The molecule has 1 fully saturated rings. The van der Waals surface area contributed by atoms with Crippen LogP contribution >= 0.6 is 0 Å². The van der Waals surface area contributed by atoms with Gasteiger partial charge in [-0.3, -0.25) is 0 Å². The second-order valence-electron chi connectivity index (χ2n) is 5.73. The summed E-state index contributed by atoms with van der Waals surface area (Å²) in [5, 5.41) is 3.44. The van der Waals surface area contributed by atoms with Gasteiger partial charge in [0.2, 0.25) is 10.0 Å². The average molecular weight is 276 g/mol. The van der Waals surface area contributed by atoms with E-state index in [0.29, 0.717) is 37.1 Å². The van der Waals surface area contributed by atoms with E-state index in [1.165, 1.54) is 0 Å². The van der Waals surface area contributed by atoms with Crippen molar-refractivity contribution in [3.8, 4) is 0 Å². The zero-order chi connectivity index (χ0) is 13.6. The van der Waals surface area contributed by atoms with E-state index in [2.05, 4.69) is 19.2 Å². The maximum absolute atomic E-state index is 12.0. The Balaban J connectivity index is 2.41. The van der Waals surface area contributed by atoms with Crippen molar-refractivity contribution in [2.45, 2.75) is 40.0 Å². The average Bonchev–Trinajstić information content (AvgIpc) is 2.29. The fourth-order valence-corrected chi connectivity index (χ4v) is 4.03. The molecule has 0 amide bonds. The van der Waals surface area contributed by atoms with Crippen LogP contribution in [0.4, 0.5) is 0 Å². The van der Waals surface area contributed by atoms with Gasteiger partial charge in [0.1, 0.15) is 0 Å². The predicted molar refractivity (Wildman–Crippen MR) is 76.1 cm³/mol. The van der Waals surface area contributed by atoms with Gasteiger partial charge >= 0.3 is 0 Å². The molecular formula is C13H28N2O2S. The van der Waals surface area contributed by atoms with Crippen molar-refractivity contribution in [1.29, 1.82) is 0 Å². The Morgan fingerprint density at radius 2 is 2.11 bits per heavy atom. The van der Waals surface area contributed by atoms with Crippen molar-refractivity contribution in [2.75, 3.05) is 31.9 Å². The molecule has 1 saturated heterocycles. The largest absolute Gasteiger partial charge is 0.316 e. The molecule has 0 saturated carbocycles. The summed E-state index contributed by atoms with van der Waals surface area (Å²) in [6, 6.07) is 0. The van der Waals surface area contributed by atoms with E-state index >= 15 is 0 Å². The third-order valence-corrected chi connectivity index (χ3v) is 5.37. The predicted octanol–water partition coefficient (Wildman–Crippen LogP) is 1.68. The van der Waals surface area contributed by atoms with Crippen LogP contribution in [-0.4, -0.2) is 44.7 Å². The smallest absolute Gasteiger partial charge is 0.214 e. The molecule has 0 spiro atoms. The molecule has 1 unspecified atom stereocenters. The van der Waals surface area contributed by atoms with E-state index in [4.69, 9.17) is 0 Å². The summed E-state index contributed by atoms with van der Waals surface area (Å²) in [7, 11) is -3.00. The summed E-state index contributed by atoms with van der Waals surface area (Å²) in [5.74, 6) is 1.41. The molecular weight excluding hydrogens is 248 g/mol. The highest BCUT2D eigenvalue weighted by atomic mass is 32.2. The van der Waals surface area contributed by atoms with Gasteiger partial charge in [0, 0.05) is 13.1 Å². The van der Waals surface area contributed by atoms with Crippen molar-refractivity contribution in [3.63, 3.8) is 0 Å². The molecule has 0 aromatic rings. The van der Waals surface area contributed by atoms with Gasteiger partial charge in [-0.1, -0.05) is 20.8 Å². The third kappa shape index (κ3) is 5.24. The fraction of sp³-hybridized carbons (Fsp3) is 1.00. The van der Waals surface area contributed by atoms with E-state index in [9.17, 15) is 8.42 Å². The first-order valence-electron chi connectivity index (χ1n) is 7.14. The molecule has 108 valence electrons. The van der Waals surface area contributed by atoms with E-state index in [-0.39, 0.29) is 0 Å². The van der Waals surface area contributed by atoms with Crippen LogP contribution < -0.4 is 5.32 Å². The van der Waals surface area contributed by atoms with Crippen LogP contribution in [0.25, 0.3) is 0 Å². The topological polar surface area (TPSA) is 49.4 Å². The Morgan fingerprint density at radius 3 is 2.72 bits per heavy atom. The normalized spacial score (nSPS) is 22.6. The minimum Gasteiger partial charge on any atom is -0.316 e. The molecule has 1 N–H and O–H groups in total. The minimum absolute atomic E-state index is 0.291. The van der Waals surface area contributed by atoms with Gasteiger partial charge in [-0.25, -0.2) is 12.7 Å². The van der Waals surface area contributed by atoms with Gasteiger partial charge in [0.15, 0.2) is 0 Å². The molecule has 0 aliphatic carbocycles. The van der Waals surface area contributed by atoms with Crippen LogP contribution in [0.15, 0.2) is 0 Å². The zero-order valence-electron chi connectivity index (χ0n) is 12.0. The lowest BCUT2D eigenvalue weighted by atomic mass is 9.99. The zero-order valence-corrected chi connectivity index (χ0v) is 12.8. The van der Waals surface area contributed by atoms with Gasteiger partial charge in [-0.2, -0.15) is 0 Å². The molecule has 5 heteroatoms. The second-order valence-corrected chi connectivity index (χ2v) is 7.82. The first-order valence-corrected chi connectivity index (χ1v) is 8.75. The number of hydrogen-bond donors (Lipinski definition) is 1. The standard InChI is InChI=1S/C13H28N2O2S/c1-4-8-18(16,17)15-7-5-6-13(11-15)10-14-9-12(2)3/h12-14H,4-11H2,1-3H3. The SMILES string of the molecule is CCCS(=O)(=O)N1CCCC(CNCC(C)C)C1. The lowest BCUT2D eigenvalue weighted by molar-refractivity contribution is 0.258. The number of hydrogen-bond acceptors (Lipinski definition) is 3. The van der Waals surface area contributed by atoms with Gasteiger partial charge in [-0.15, -0.1) is 0 Å². The fourth-order valence-electron chi connectivity index (χ4n) is 2.41. The summed E-state index contributed by atoms with van der Waals surface area (Å²) >= 11 is 0. The van der Waals surface area contributed by atoms with Crippen molar-refractivity contribution < 1.29 is 8.42 Å². The maximum Gasteiger partial charge on any atom is 0.214 e. The molecule has 0 bridgehead atoms. The van der Waals surface area contributed by atoms with Crippen LogP contribution in [0.5, 0.6) is 0 Å². The summed E-state index contributed by atoms with van der Waals surface area (Å²) in [4.78, 5) is 0.